The van der Waals surface area contributed by atoms with Crippen molar-refractivity contribution in [3.8, 4) is 0 Å². The quantitative estimate of drug-likeness (QED) is 0.579. The molecule has 6 nitrogen and oxygen atoms in total. The molecule has 29 heavy (non-hydrogen) atoms. The maximum Gasteiger partial charge on any atom is 0.261 e. The van der Waals surface area contributed by atoms with Gasteiger partial charge >= 0.3 is 0 Å². The first-order chi connectivity index (χ1) is 13.7. The first-order valence-corrected chi connectivity index (χ1v) is 13.4. The van der Waals surface area contributed by atoms with Crippen LogP contribution in [0.5, 0.6) is 0 Å². The van der Waals surface area contributed by atoms with Crippen molar-refractivity contribution in [3.05, 3.63) is 23.8 Å². The van der Waals surface area contributed by atoms with Crippen LogP contribution in [0.2, 0.25) is 18.6 Å². The molecule has 1 aromatic rings. The van der Waals surface area contributed by atoms with Crippen molar-refractivity contribution in [3.63, 3.8) is 0 Å². The summed E-state index contributed by atoms with van der Waals surface area (Å²) in [5, 5.41) is 12.4. The van der Waals surface area contributed by atoms with Gasteiger partial charge in [-0.25, -0.2) is 0 Å². The van der Waals surface area contributed by atoms with Gasteiger partial charge in [-0.05, 0) is 50.6 Å². The number of fused-ring (bicyclic) bond motifs is 2. The summed E-state index contributed by atoms with van der Waals surface area (Å²) in [7, 11) is -3.17. The van der Waals surface area contributed by atoms with E-state index in [4.69, 9.17) is 4.74 Å². The highest BCUT2D eigenvalue weighted by Gasteiger charge is 2.65. The zero-order chi connectivity index (χ0) is 21.0. The lowest BCUT2D eigenvalue weighted by Crippen LogP contribution is -2.42. The van der Waals surface area contributed by atoms with Crippen LogP contribution >= 0.6 is 0 Å². The summed E-state index contributed by atoms with van der Waals surface area (Å²) in [5.41, 5.74) is 0.377. The minimum absolute atomic E-state index is 0.0799. The average molecular weight is 421 g/mol. The molecule has 8 heteroatoms. The molecule has 158 valence electrons. The van der Waals surface area contributed by atoms with Crippen LogP contribution in [-0.2, 0) is 19.9 Å². The van der Waals surface area contributed by atoms with E-state index in [0.717, 1.165) is 18.5 Å². The van der Waals surface area contributed by atoms with E-state index in [0.29, 0.717) is 30.6 Å². The second-order valence-electron chi connectivity index (χ2n) is 8.97. The normalized spacial score (nSPS) is 32.0. The number of anilines is 2. The van der Waals surface area contributed by atoms with Crippen LogP contribution in [0, 0.1) is 5.92 Å². The second kappa shape index (κ2) is 7.18. The molecule has 2 saturated heterocycles. The van der Waals surface area contributed by atoms with Gasteiger partial charge in [0.25, 0.3) is 5.91 Å². The van der Waals surface area contributed by atoms with Crippen LogP contribution in [0.3, 0.4) is 0 Å². The van der Waals surface area contributed by atoms with Gasteiger partial charge in [0, 0.05) is 48.0 Å². The molecule has 4 rings (SSSR count). The predicted octanol–water partition coefficient (Wildman–Crippen LogP) is 3.31. The van der Waals surface area contributed by atoms with E-state index < -0.39 is 25.7 Å². The summed E-state index contributed by atoms with van der Waals surface area (Å²) >= 11 is 0. The summed E-state index contributed by atoms with van der Waals surface area (Å²) in [6.07, 6.45) is 2.14. The van der Waals surface area contributed by atoms with Crippen LogP contribution in [0.15, 0.2) is 18.2 Å². The van der Waals surface area contributed by atoms with Gasteiger partial charge in [0.05, 0.1) is 6.10 Å². The van der Waals surface area contributed by atoms with E-state index in [9.17, 15) is 14.7 Å². The molecule has 2 fully saturated rings. The molecule has 3 aliphatic rings. The number of aliphatic hydroxyl groups excluding tert-OH is 1. The number of nitrogens with one attached hydrogen (secondary N) is 1. The molecular weight excluding hydrogens is 391 g/mol. The van der Waals surface area contributed by atoms with Crippen molar-refractivity contribution in [2.75, 3.05) is 23.4 Å². The number of nitrogens with zero attached hydrogens (tertiary/aromatic N) is 1. The topological polar surface area (TPSA) is 78.9 Å². The third kappa shape index (κ3) is 3.12. The lowest BCUT2D eigenvalue weighted by Gasteiger charge is -2.31. The number of ether oxygens (including phenoxy) is 1. The molecule has 0 bridgehead atoms. The molecule has 2 amide bonds. The number of benzene rings is 1. The number of hydrogen-bond acceptors (Lipinski definition) is 4. The molecule has 1 aromatic carbocycles. The highest BCUT2D eigenvalue weighted by atomic mass is 28.4. The van der Waals surface area contributed by atoms with Gasteiger partial charge in [0.2, 0.25) is 14.3 Å². The van der Waals surface area contributed by atoms with Gasteiger partial charge in [0.15, 0.2) is 5.60 Å². The van der Waals surface area contributed by atoms with Crippen molar-refractivity contribution in [1.82, 2.24) is 0 Å². The van der Waals surface area contributed by atoms with Crippen LogP contribution < -0.4 is 10.2 Å². The molecule has 0 aromatic heterocycles. The maximum absolute atomic E-state index is 15.3. The van der Waals surface area contributed by atoms with Gasteiger partial charge in [-0.1, -0.05) is 6.92 Å². The minimum Gasteiger partial charge on any atom is -0.396 e. The lowest BCUT2D eigenvalue weighted by atomic mass is 9.82. The Hall–Kier alpha value is -1.77. The second-order valence-corrected chi connectivity index (χ2v) is 12.8. The van der Waals surface area contributed by atoms with Gasteiger partial charge < -0.3 is 24.2 Å². The van der Waals surface area contributed by atoms with E-state index in [1.54, 1.807) is 18.0 Å². The molecule has 0 radical (unpaired) electrons. The molecule has 4 atom stereocenters. The molecule has 1 spiro atoms. The summed E-state index contributed by atoms with van der Waals surface area (Å²) in [5.74, 6) is -0.582. The third-order valence-electron chi connectivity index (χ3n) is 6.75. The number of carbonyl (C=O) groups excluding carboxylic acids is 2. The number of piperidine rings is 1. The number of rotatable bonds is 4. The van der Waals surface area contributed by atoms with Gasteiger partial charge in [-0.3, -0.25) is 9.59 Å². The summed E-state index contributed by atoms with van der Waals surface area (Å²) in [6, 6.07) is 5.51. The number of aliphatic hydroxyl groups is 1. The minimum atomic E-state index is -3.17. The summed E-state index contributed by atoms with van der Waals surface area (Å²) < 4.78 is 21.6. The Bertz CT molecular complexity index is 842. The van der Waals surface area contributed by atoms with Crippen LogP contribution in [0.4, 0.5) is 15.5 Å². The maximum atomic E-state index is 15.3. The molecule has 0 aliphatic carbocycles. The van der Waals surface area contributed by atoms with Crippen LogP contribution in [-0.4, -0.2) is 44.6 Å². The fourth-order valence-electron chi connectivity index (χ4n) is 5.50. The van der Waals surface area contributed by atoms with Gasteiger partial charge in [-0.15, -0.1) is 0 Å². The van der Waals surface area contributed by atoms with Crippen molar-refractivity contribution in [2.45, 2.75) is 62.9 Å². The standard InChI is InChI=1S/C21H29FN2O4Si/c1-13-19(29(2,3)22)17(9-11-25)28-21(13)15-12-14(7-8-16(15)23-20(21)27)24-10-5-4-6-18(24)26/h7-8,12-13,17,19,25H,4-6,9-11H2,1-3H3,(H,23,27)/t13-,17+,19-,21+/m1/s1. The highest BCUT2D eigenvalue weighted by Crippen LogP contribution is 2.59. The van der Waals surface area contributed by atoms with E-state index in [-0.39, 0.29) is 24.3 Å². The number of amides is 2. The molecule has 3 heterocycles. The first-order valence-electron chi connectivity index (χ1n) is 10.4. The third-order valence-corrected chi connectivity index (χ3v) is 9.20. The first kappa shape index (κ1) is 20.5. The zero-order valence-corrected chi connectivity index (χ0v) is 18.2. The Morgan fingerprint density at radius 1 is 1.34 bits per heavy atom. The fourth-order valence-corrected chi connectivity index (χ4v) is 8.04. The van der Waals surface area contributed by atoms with E-state index >= 15 is 4.11 Å². The number of halogens is 1. The van der Waals surface area contributed by atoms with E-state index in [2.05, 4.69) is 5.32 Å². The predicted molar refractivity (Wildman–Crippen MR) is 111 cm³/mol. The van der Waals surface area contributed by atoms with Crippen molar-refractivity contribution in [2.24, 2.45) is 5.92 Å². The van der Waals surface area contributed by atoms with Crippen LogP contribution in [0.25, 0.3) is 0 Å². The molecule has 0 unspecified atom stereocenters. The van der Waals surface area contributed by atoms with Crippen LogP contribution in [0.1, 0.15) is 38.2 Å². The fraction of sp³-hybridized carbons (Fsp3) is 0.619. The van der Waals surface area contributed by atoms with Crippen molar-refractivity contribution < 1.29 is 23.5 Å². The van der Waals surface area contributed by atoms with Crippen molar-refractivity contribution in [1.29, 1.82) is 0 Å². The lowest BCUT2D eigenvalue weighted by molar-refractivity contribution is -0.143. The molecule has 2 N–H and O–H groups in total. The smallest absolute Gasteiger partial charge is 0.261 e. The van der Waals surface area contributed by atoms with E-state index in [1.807, 2.05) is 25.1 Å². The van der Waals surface area contributed by atoms with Gasteiger partial charge in [-0.2, -0.15) is 0 Å². The molecule has 0 saturated carbocycles. The van der Waals surface area contributed by atoms with Gasteiger partial charge in [0.1, 0.15) is 0 Å². The SMILES string of the molecule is C[C@@H]1[C@@H]([Si](C)(C)F)[C@H](CCO)O[C@@]12C(=O)Nc1ccc(N3CCCCC3=O)cc12. The zero-order valence-electron chi connectivity index (χ0n) is 17.2. The van der Waals surface area contributed by atoms with E-state index in [1.165, 1.54) is 0 Å². The Morgan fingerprint density at radius 2 is 2.10 bits per heavy atom. The molecular formula is C21H29FN2O4Si. The summed E-state index contributed by atoms with van der Waals surface area (Å²) in [4.78, 5) is 27.3. The Kier molecular flexibility index (Phi) is 5.07. The average Bonchev–Trinajstić information content (AvgIpc) is 3.10. The Balaban J connectivity index is 1.79. The summed E-state index contributed by atoms with van der Waals surface area (Å²) in [6.45, 7) is 5.69. The Labute approximate surface area is 171 Å². The number of hydrogen-bond donors (Lipinski definition) is 2. The van der Waals surface area contributed by atoms with Crippen molar-refractivity contribution >= 4 is 31.6 Å². The monoisotopic (exact) mass is 420 g/mol. The largest absolute Gasteiger partial charge is 0.396 e. The highest BCUT2D eigenvalue weighted by molar-refractivity contribution is 6.72. The Morgan fingerprint density at radius 3 is 2.76 bits per heavy atom. The number of carbonyl (C=O) groups is 2. The molecule has 3 aliphatic heterocycles.